The van der Waals surface area contributed by atoms with Crippen LogP contribution in [-0.4, -0.2) is 36.6 Å². The van der Waals surface area contributed by atoms with E-state index in [2.05, 4.69) is 64.8 Å². The molecule has 3 aliphatic heterocycles. The van der Waals surface area contributed by atoms with Crippen molar-refractivity contribution in [1.82, 2.24) is 0 Å². The fourth-order valence-electron chi connectivity index (χ4n) is 3.03. The molecule has 1 aromatic rings. The van der Waals surface area contributed by atoms with Gasteiger partial charge in [0.1, 0.15) is 0 Å². The van der Waals surface area contributed by atoms with E-state index in [0.717, 1.165) is 20.9 Å². The molecular formula is C16H26B2N2O4S2. The van der Waals surface area contributed by atoms with Gasteiger partial charge in [0.25, 0.3) is 0 Å². The van der Waals surface area contributed by atoms with Crippen LogP contribution < -0.4 is 19.0 Å². The van der Waals surface area contributed by atoms with Gasteiger partial charge in [-0.2, -0.15) is 0 Å². The Labute approximate surface area is 164 Å². The summed E-state index contributed by atoms with van der Waals surface area (Å²) in [5, 5.41) is 0. The molecule has 2 saturated heterocycles. The monoisotopic (exact) mass is 396 g/mol. The van der Waals surface area contributed by atoms with E-state index in [1.54, 1.807) is 11.3 Å². The van der Waals surface area contributed by atoms with Gasteiger partial charge in [0.15, 0.2) is 0 Å². The second-order valence-corrected chi connectivity index (χ2v) is 10.8. The molecule has 0 atom stereocenters. The van der Waals surface area contributed by atoms with Crippen LogP contribution in [0.25, 0.3) is 0 Å². The molecule has 0 spiro atoms. The Balaban J connectivity index is 1.70. The molecule has 0 unspecified atom stereocenters. The summed E-state index contributed by atoms with van der Waals surface area (Å²) in [4.78, 5) is 0. The summed E-state index contributed by atoms with van der Waals surface area (Å²) in [5.41, 5.74) is 0.499. The Kier molecular flexibility index (Phi) is 4.07. The second-order valence-electron chi connectivity index (χ2n) is 9.06. The maximum atomic E-state index is 6.26. The van der Waals surface area contributed by atoms with E-state index in [0.29, 0.717) is 0 Å². The largest absolute Gasteiger partial charge is 0.507 e. The molecule has 0 amide bonds. The molecule has 142 valence electrons. The number of nitrogens with one attached hydrogen (secondary N) is 2. The van der Waals surface area contributed by atoms with Crippen LogP contribution in [0.5, 0.6) is 0 Å². The smallest absolute Gasteiger partial charge is 0.399 e. The Bertz CT molecular complexity index is 660. The van der Waals surface area contributed by atoms with Gasteiger partial charge in [-0.3, -0.25) is 0 Å². The lowest BCUT2D eigenvalue weighted by molar-refractivity contribution is 0.00578. The van der Waals surface area contributed by atoms with E-state index in [4.69, 9.17) is 18.6 Å². The van der Waals surface area contributed by atoms with Crippen LogP contribution in [-0.2, 0) is 18.6 Å². The maximum absolute atomic E-state index is 6.26. The van der Waals surface area contributed by atoms with Gasteiger partial charge in [-0.05, 0) is 55.4 Å². The van der Waals surface area contributed by atoms with Crippen molar-refractivity contribution >= 4 is 58.6 Å². The predicted molar refractivity (Wildman–Crippen MR) is 111 cm³/mol. The fourth-order valence-corrected chi connectivity index (χ4v) is 4.97. The molecule has 0 saturated carbocycles. The summed E-state index contributed by atoms with van der Waals surface area (Å²) in [5.74, 6) is 0. The molecular weight excluding hydrogens is 370 g/mol. The van der Waals surface area contributed by atoms with Crippen LogP contribution in [0.2, 0.25) is 0 Å². The minimum absolute atomic E-state index is 0.377. The highest BCUT2D eigenvalue weighted by Gasteiger charge is 2.56. The number of hydrogen-bond acceptors (Lipinski definition) is 8. The van der Waals surface area contributed by atoms with Crippen LogP contribution in [0.3, 0.4) is 0 Å². The van der Waals surface area contributed by atoms with Crippen molar-refractivity contribution in [3.8, 4) is 0 Å². The highest BCUT2D eigenvalue weighted by Crippen LogP contribution is 2.43. The standard InChI is InChI=1S/C16H26B2N2O4S2/c1-13(2)14(3,4)22-17(21-13)11-9-10(20-26-19-9)12(25-11)18-23-15(5,6)16(7,8)24-18/h19-20H,1-8H3. The van der Waals surface area contributed by atoms with E-state index in [-0.39, 0.29) is 22.4 Å². The van der Waals surface area contributed by atoms with E-state index >= 15 is 0 Å². The third-order valence-electron chi connectivity index (χ3n) is 6.20. The quantitative estimate of drug-likeness (QED) is 0.589. The Morgan fingerprint density at radius 2 is 0.923 bits per heavy atom. The third kappa shape index (κ3) is 2.64. The Hall–Kier alpha value is -0.380. The van der Waals surface area contributed by atoms with E-state index < -0.39 is 14.2 Å². The number of thiophene rings is 1. The molecule has 4 heterocycles. The Morgan fingerprint density at radius 3 is 1.23 bits per heavy atom. The van der Waals surface area contributed by atoms with Crippen molar-refractivity contribution in [2.75, 3.05) is 9.44 Å². The van der Waals surface area contributed by atoms with Crippen LogP contribution in [0.4, 0.5) is 11.4 Å². The first-order chi connectivity index (χ1) is 11.8. The lowest BCUT2D eigenvalue weighted by Gasteiger charge is -2.32. The molecule has 26 heavy (non-hydrogen) atoms. The van der Waals surface area contributed by atoms with Gasteiger partial charge in [-0.15, -0.1) is 11.3 Å². The average molecular weight is 396 g/mol. The van der Waals surface area contributed by atoms with Crippen molar-refractivity contribution in [2.24, 2.45) is 0 Å². The first-order valence-electron chi connectivity index (χ1n) is 8.90. The third-order valence-corrected chi connectivity index (χ3v) is 8.05. The summed E-state index contributed by atoms with van der Waals surface area (Å²) in [6.45, 7) is 16.5. The zero-order valence-corrected chi connectivity index (χ0v) is 18.2. The summed E-state index contributed by atoms with van der Waals surface area (Å²) in [6, 6.07) is 0. The molecule has 3 aliphatic rings. The van der Waals surface area contributed by atoms with Crippen molar-refractivity contribution < 1.29 is 18.6 Å². The van der Waals surface area contributed by atoms with Gasteiger partial charge < -0.3 is 28.1 Å². The maximum Gasteiger partial charge on any atom is 0.507 e. The molecule has 0 radical (unpaired) electrons. The highest BCUT2D eigenvalue weighted by molar-refractivity contribution is 8.02. The zero-order chi connectivity index (χ0) is 19.1. The number of fused-ring (bicyclic) bond motifs is 1. The topological polar surface area (TPSA) is 61.0 Å². The van der Waals surface area contributed by atoms with Gasteiger partial charge >= 0.3 is 14.2 Å². The zero-order valence-electron chi connectivity index (χ0n) is 16.6. The van der Waals surface area contributed by atoms with E-state index in [1.165, 1.54) is 12.1 Å². The number of anilines is 2. The molecule has 1 aromatic heterocycles. The predicted octanol–water partition coefficient (Wildman–Crippen LogP) is 2.75. The van der Waals surface area contributed by atoms with Crippen LogP contribution >= 0.6 is 23.5 Å². The summed E-state index contributed by atoms with van der Waals surface area (Å²) >= 11 is 3.06. The molecule has 4 rings (SSSR count). The summed E-state index contributed by atoms with van der Waals surface area (Å²) in [7, 11) is -0.828. The van der Waals surface area contributed by atoms with Gasteiger partial charge in [-0.1, -0.05) is 0 Å². The normalized spacial score (nSPS) is 27.4. The van der Waals surface area contributed by atoms with E-state index in [9.17, 15) is 0 Å². The molecule has 10 heteroatoms. The summed E-state index contributed by atoms with van der Waals surface area (Å²) in [6.07, 6.45) is 0. The van der Waals surface area contributed by atoms with Gasteiger partial charge in [0.2, 0.25) is 0 Å². The lowest BCUT2D eigenvalue weighted by atomic mass is 9.83. The number of hydrogen-bond donors (Lipinski definition) is 2. The molecule has 0 bridgehead atoms. The molecule has 0 aliphatic carbocycles. The van der Waals surface area contributed by atoms with E-state index in [1.807, 2.05) is 0 Å². The fraction of sp³-hybridized carbons (Fsp3) is 0.750. The average Bonchev–Trinajstić information content (AvgIpc) is 3.13. The first-order valence-corrected chi connectivity index (χ1v) is 10.5. The van der Waals surface area contributed by atoms with Crippen LogP contribution in [0, 0.1) is 0 Å². The SMILES string of the molecule is CC1(C)OB(c2sc(B3OC(C)(C)C(C)(C)O3)c3c2NSN3)OC1(C)C. The minimum atomic E-state index is -0.414. The van der Waals surface area contributed by atoms with Crippen LogP contribution in [0.15, 0.2) is 0 Å². The molecule has 6 nitrogen and oxygen atoms in total. The number of rotatable bonds is 2. The van der Waals surface area contributed by atoms with Crippen molar-refractivity contribution in [3.05, 3.63) is 0 Å². The highest BCUT2D eigenvalue weighted by atomic mass is 32.2. The molecule has 0 aromatic carbocycles. The Morgan fingerprint density at radius 1 is 0.615 bits per heavy atom. The summed E-state index contributed by atoms with van der Waals surface area (Å²) < 4.78 is 33.7. The minimum Gasteiger partial charge on any atom is -0.399 e. The molecule has 2 fully saturated rings. The first kappa shape index (κ1) is 19.0. The lowest BCUT2D eigenvalue weighted by Crippen LogP contribution is -2.41. The van der Waals surface area contributed by atoms with Gasteiger partial charge in [0.05, 0.1) is 55.5 Å². The van der Waals surface area contributed by atoms with Crippen molar-refractivity contribution in [2.45, 2.75) is 77.8 Å². The van der Waals surface area contributed by atoms with Crippen LogP contribution in [0.1, 0.15) is 55.4 Å². The van der Waals surface area contributed by atoms with Gasteiger partial charge in [-0.25, -0.2) is 0 Å². The van der Waals surface area contributed by atoms with Gasteiger partial charge in [0, 0.05) is 0 Å². The molecule has 2 N–H and O–H groups in total. The van der Waals surface area contributed by atoms with Crippen molar-refractivity contribution in [1.29, 1.82) is 0 Å². The second kappa shape index (κ2) is 5.58. The van der Waals surface area contributed by atoms with Crippen molar-refractivity contribution in [3.63, 3.8) is 0 Å².